The highest BCUT2D eigenvalue weighted by molar-refractivity contribution is 5.79. The standard InChI is InChI=1S/C24H24FN3O2/c25-20-15-26-24(27-16-20)30-22-12-10-21(11-13-22)28-23(29)14-17-6-8-19(9-7-17)18-4-2-1-3-5-18/h1-9,15-16,21-22H,10-14H2,(H,28,29). The van der Waals surface area contributed by atoms with Crippen molar-refractivity contribution < 1.29 is 13.9 Å². The molecule has 1 aliphatic rings. The second-order valence-corrected chi connectivity index (χ2v) is 7.58. The van der Waals surface area contributed by atoms with Crippen molar-refractivity contribution >= 4 is 5.91 Å². The summed E-state index contributed by atoms with van der Waals surface area (Å²) in [5.74, 6) is -0.447. The number of hydrogen-bond donors (Lipinski definition) is 1. The maximum absolute atomic E-state index is 12.9. The number of aromatic nitrogens is 2. The van der Waals surface area contributed by atoms with E-state index >= 15 is 0 Å². The summed E-state index contributed by atoms with van der Waals surface area (Å²) in [6.45, 7) is 0. The molecule has 6 heteroatoms. The minimum absolute atomic E-state index is 0.00542. The Labute approximate surface area is 175 Å². The van der Waals surface area contributed by atoms with Crippen LogP contribution in [0.1, 0.15) is 31.2 Å². The van der Waals surface area contributed by atoms with Gasteiger partial charge in [-0.3, -0.25) is 4.79 Å². The third-order valence-corrected chi connectivity index (χ3v) is 5.33. The lowest BCUT2D eigenvalue weighted by Gasteiger charge is -2.28. The van der Waals surface area contributed by atoms with Gasteiger partial charge in [-0.25, -0.2) is 14.4 Å². The Hall–Kier alpha value is -3.28. The SMILES string of the molecule is O=C(Cc1ccc(-c2ccccc2)cc1)NC1CCC(Oc2ncc(F)cn2)CC1. The maximum Gasteiger partial charge on any atom is 0.316 e. The first-order valence-electron chi connectivity index (χ1n) is 10.2. The van der Waals surface area contributed by atoms with Crippen LogP contribution < -0.4 is 10.1 Å². The zero-order valence-electron chi connectivity index (χ0n) is 16.6. The lowest BCUT2D eigenvalue weighted by Crippen LogP contribution is -2.40. The van der Waals surface area contributed by atoms with E-state index in [-0.39, 0.29) is 24.1 Å². The van der Waals surface area contributed by atoms with Crippen molar-refractivity contribution in [3.63, 3.8) is 0 Å². The van der Waals surface area contributed by atoms with Crippen molar-refractivity contribution in [3.8, 4) is 17.1 Å². The van der Waals surface area contributed by atoms with E-state index in [4.69, 9.17) is 4.74 Å². The molecule has 1 heterocycles. The number of hydrogen-bond acceptors (Lipinski definition) is 4. The van der Waals surface area contributed by atoms with Crippen LogP contribution in [0.5, 0.6) is 6.01 Å². The predicted octanol–water partition coefficient (Wildman–Crippen LogP) is 4.33. The van der Waals surface area contributed by atoms with E-state index in [1.54, 1.807) is 0 Å². The van der Waals surface area contributed by atoms with Crippen molar-refractivity contribution in [1.29, 1.82) is 0 Å². The van der Waals surface area contributed by atoms with Gasteiger partial charge in [0.05, 0.1) is 18.8 Å². The number of rotatable bonds is 6. The van der Waals surface area contributed by atoms with Crippen LogP contribution in [0.2, 0.25) is 0 Å². The van der Waals surface area contributed by atoms with Crippen LogP contribution in [0.25, 0.3) is 11.1 Å². The van der Waals surface area contributed by atoms with Gasteiger partial charge in [-0.1, -0.05) is 54.6 Å². The van der Waals surface area contributed by atoms with Crippen LogP contribution >= 0.6 is 0 Å². The molecule has 1 N–H and O–H groups in total. The third kappa shape index (κ3) is 5.41. The van der Waals surface area contributed by atoms with Crippen LogP contribution in [0.4, 0.5) is 4.39 Å². The number of carbonyl (C=O) groups excluding carboxylic acids is 1. The smallest absolute Gasteiger partial charge is 0.316 e. The molecule has 0 unspecified atom stereocenters. The van der Waals surface area contributed by atoms with Gasteiger partial charge in [0.2, 0.25) is 5.91 Å². The molecule has 1 fully saturated rings. The monoisotopic (exact) mass is 405 g/mol. The van der Waals surface area contributed by atoms with Crippen molar-refractivity contribution in [2.75, 3.05) is 0 Å². The molecule has 1 aliphatic carbocycles. The van der Waals surface area contributed by atoms with Gasteiger partial charge in [0, 0.05) is 6.04 Å². The average molecular weight is 405 g/mol. The second-order valence-electron chi connectivity index (χ2n) is 7.58. The fraction of sp³-hybridized carbons (Fsp3) is 0.292. The summed E-state index contributed by atoms with van der Waals surface area (Å²) >= 11 is 0. The van der Waals surface area contributed by atoms with Crippen molar-refractivity contribution in [3.05, 3.63) is 78.4 Å². The fourth-order valence-electron chi connectivity index (χ4n) is 3.75. The van der Waals surface area contributed by atoms with Gasteiger partial charge in [-0.05, 0) is 42.4 Å². The van der Waals surface area contributed by atoms with Gasteiger partial charge in [0.25, 0.3) is 0 Å². The number of amides is 1. The number of nitrogens with zero attached hydrogens (tertiary/aromatic N) is 2. The molecule has 1 saturated carbocycles. The highest BCUT2D eigenvalue weighted by atomic mass is 19.1. The Bertz CT molecular complexity index is 954. The van der Waals surface area contributed by atoms with Gasteiger partial charge < -0.3 is 10.1 Å². The van der Waals surface area contributed by atoms with E-state index in [0.29, 0.717) is 6.42 Å². The summed E-state index contributed by atoms with van der Waals surface area (Å²) < 4.78 is 18.6. The summed E-state index contributed by atoms with van der Waals surface area (Å²) in [5, 5.41) is 3.13. The van der Waals surface area contributed by atoms with E-state index in [1.807, 2.05) is 30.3 Å². The largest absolute Gasteiger partial charge is 0.460 e. The van der Waals surface area contributed by atoms with E-state index in [9.17, 15) is 9.18 Å². The Morgan fingerprint density at radius 3 is 2.23 bits per heavy atom. The van der Waals surface area contributed by atoms with Crippen LogP contribution in [0.3, 0.4) is 0 Å². The minimum Gasteiger partial charge on any atom is -0.460 e. The summed E-state index contributed by atoms with van der Waals surface area (Å²) in [6, 6.07) is 18.7. The molecule has 30 heavy (non-hydrogen) atoms. The number of ether oxygens (including phenoxy) is 1. The third-order valence-electron chi connectivity index (χ3n) is 5.33. The molecule has 0 bridgehead atoms. The first-order chi connectivity index (χ1) is 14.7. The van der Waals surface area contributed by atoms with Gasteiger partial charge in [0.1, 0.15) is 6.10 Å². The van der Waals surface area contributed by atoms with Gasteiger partial charge in [-0.15, -0.1) is 0 Å². The molecule has 0 saturated heterocycles. The Morgan fingerprint density at radius 2 is 1.57 bits per heavy atom. The quantitative estimate of drug-likeness (QED) is 0.663. The second kappa shape index (κ2) is 9.48. The summed E-state index contributed by atoms with van der Waals surface area (Å²) in [5.41, 5.74) is 3.30. The normalized spacial score (nSPS) is 18.6. The first-order valence-corrected chi connectivity index (χ1v) is 10.2. The highest BCUT2D eigenvalue weighted by Gasteiger charge is 2.24. The van der Waals surface area contributed by atoms with E-state index in [0.717, 1.165) is 49.2 Å². The summed E-state index contributed by atoms with van der Waals surface area (Å²) in [4.78, 5) is 20.1. The zero-order chi connectivity index (χ0) is 20.8. The summed E-state index contributed by atoms with van der Waals surface area (Å²) in [7, 11) is 0. The van der Waals surface area contributed by atoms with Crippen LogP contribution in [-0.4, -0.2) is 28.0 Å². The molecular weight excluding hydrogens is 381 g/mol. The average Bonchev–Trinajstić information content (AvgIpc) is 2.78. The molecule has 1 amide bonds. The zero-order valence-corrected chi connectivity index (χ0v) is 16.6. The molecule has 1 aromatic heterocycles. The lowest BCUT2D eigenvalue weighted by molar-refractivity contribution is -0.121. The number of halogens is 1. The number of nitrogens with one attached hydrogen (secondary N) is 1. The van der Waals surface area contributed by atoms with E-state index < -0.39 is 5.82 Å². The van der Waals surface area contributed by atoms with Crippen molar-refractivity contribution in [2.24, 2.45) is 0 Å². The predicted molar refractivity (Wildman–Crippen MR) is 112 cm³/mol. The summed E-state index contributed by atoms with van der Waals surface area (Å²) in [6.07, 6.45) is 5.84. The fourth-order valence-corrected chi connectivity index (χ4v) is 3.75. The molecule has 0 aliphatic heterocycles. The minimum atomic E-state index is -0.483. The first kappa shape index (κ1) is 20.0. The van der Waals surface area contributed by atoms with Gasteiger partial charge in [-0.2, -0.15) is 0 Å². The Morgan fingerprint density at radius 1 is 0.933 bits per heavy atom. The van der Waals surface area contributed by atoms with Gasteiger partial charge >= 0.3 is 6.01 Å². The molecule has 5 nitrogen and oxygen atoms in total. The number of carbonyl (C=O) groups is 1. The molecule has 3 aromatic rings. The highest BCUT2D eigenvalue weighted by Crippen LogP contribution is 2.23. The lowest BCUT2D eigenvalue weighted by atomic mass is 9.92. The van der Waals surface area contributed by atoms with Crippen molar-refractivity contribution in [2.45, 2.75) is 44.2 Å². The molecular formula is C24H24FN3O2. The molecule has 4 rings (SSSR count). The maximum atomic E-state index is 12.9. The molecule has 0 atom stereocenters. The van der Waals surface area contributed by atoms with Crippen molar-refractivity contribution in [1.82, 2.24) is 15.3 Å². The van der Waals surface area contributed by atoms with E-state index in [2.05, 4.69) is 39.6 Å². The topological polar surface area (TPSA) is 64.1 Å². The van der Waals surface area contributed by atoms with Gasteiger partial charge in [0.15, 0.2) is 5.82 Å². The van der Waals surface area contributed by atoms with Crippen LogP contribution in [0.15, 0.2) is 67.0 Å². The van der Waals surface area contributed by atoms with E-state index in [1.165, 1.54) is 5.56 Å². The number of benzene rings is 2. The Balaban J connectivity index is 1.22. The molecule has 154 valence electrons. The molecule has 0 radical (unpaired) electrons. The molecule has 2 aromatic carbocycles. The molecule has 0 spiro atoms. The van der Waals surface area contributed by atoms with Crippen LogP contribution in [0, 0.1) is 5.82 Å². The Kier molecular flexibility index (Phi) is 6.32. The van der Waals surface area contributed by atoms with Crippen LogP contribution in [-0.2, 0) is 11.2 Å².